The number of fused-ring (bicyclic) bond motifs is 6. The second kappa shape index (κ2) is 11.4. The van der Waals surface area contributed by atoms with E-state index in [-0.39, 0.29) is 39.4 Å². The molecule has 0 unspecified atom stereocenters. The molecular formula is C45H28N4O. The number of hydrogen-bond acceptors (Lipinski definition) is 4. The van der Waals surface area contributed by atoms with E-state index in [9.17, 15) is 0 Å². The monoisotopic (exact) mass is 648 g/mol. The second-order valence-electron chi connectivity index (χ2n) is 11.9. The Hall–Kier alpha value is -6.85. The predicted octanol–water partition coefficient (Wildman–Crippen LogP) is 11.5. The predicted molar refractivity (Wildman–Crippen MR) is 203 cm³/mol. The summed E-state index contributed by atoms with van der Waals surface area (Å²) in [7, 11) is 0. The summed E-state index contributed by atoms with van der Waals surface area (Å²) in [6, 6.07) is 35.4. The molecule has 0 saturated carbocycles. The lowest BCUT2D eigenvalue weighted by atomic mass is 9.98. The van der Waals surface area contributed by atoms with Crippen LogP contribution < -0.4 is 0 Å². The summed E-state index contributed by atoms with van der Waals surface area (Å²) in [6.07, 6.45) is 0. The molecular weight excluding hydrogens is 613 g/mol. The molecule has 5 nitrogen and oxygen atoms in total. The molecule has 0 amide bonds. The maximum atomic E-state index is 9.07. The lowest BCUT2D eigenvalue weighted by molar-refractivity contribution is 0.669. The molecule has 0 fully saturated rings. The summed E-state index contributed by atoms with van der Waals surface area (Å²) in [5.74, 6) is 0.328. The number of para-hydroxylation sites is 3. The van der Waals surface area contributed by atoms with E-state index in [4.69, 9.17) is 30.3 Å². The molecule has 0 radical (unpaired) electrons. The van der Waals surface area contributed by atoms with Gasteiger partial charge in [-0.05, 0) is 64.7 Å². The van der Waals surface area contributed by atoms with Crippen molar-refractivity contribution in [3.05, 3.63) is 170 Å². The van der Waals surface area contributed by atoms with Gasteiger partial charge in [-0.15, -0.1) is 0 Å². The minimum Gasteiger partial charge on any atom is -0.456 e. The van der Waals surface area contributed by atoms with Crippen molar-refractivity contribution in [2.75, 3.05) is 0 Å². The Morgan fingerprint density at radius 1 is 0.420 bits per heavy atom. The number of aromatic nitrogens is 4. The van der Waals surface area contributed by atoms with Gasteiger partial charge in [0.1, 0.15) is 11.2 Å². The van der Waals surface area contributed by atoms with Crippen LogP contribution in [0.15, 0.2) is 174 Å². The van der Waals surface area contributed by atoms with Crippen LogP contribution >= 0.6 is 0 Å². The molecule has 0 aliphatic rings. The average molecular weight is 649 g/mol. The molecule has 50 heavy (non-hydrogen) atoms. The lowest BCUT2D eigenvalue weighted by Gasteiger charge is -2.12. The minimum atomic E-state index is -0.535. The van der Waals surface area contributed by atoms with Gasteiger partial charge < -0.3 is 4.42 Å². The molecule has 0 saturated heterocycles. The van der Waals surface area contributed by atoms with E-state index in [1.807, 2.05) is 97.1 Å². The van der Waals surface area contributed by atoms with Crippen molar-refractivity contribution >= 4 is 43.7 Å². The van der Waals surface area contributed by atoms with Gasteiger partial charge in [-0.2, -0.15) is 9.97 Å². The summed E-state index contributed by atoms with van der Waals surface area (Å²) in [6.45, 7) is 0. The molecule has 0 bridgehead atoms. The van der Waals surface area contributed by atoms with Gasteiger partial charge in [-0.3, -0.25) is 4.57 Å². The summed E-state index contributed by atoms with van der Waals surface area (Å²) in [5, 5.41) is 1.71. The van der Waals surface area contributed by atoms with Crippen molar-refractivity contribution in [3.8, 4) is 51.0 Å². The Balaban J connectivity index is 1.26. The van der Waals surface area contributed by atoms with Gasteiger partial charge in [0, 0.05) is 32.7 Å². The van der Waals surface area contributed by atoms with E-state index < -0.39 is 48.3 Å². The highest BCUT2D eigenvalue weighted by Crippen LogP contribution is 2.35. The van der Waals surface area contributed by atoms with Gasteiger partial charge in [0.05, 0.1) is 22.0 Å². The Labute approximate surface area is 299 Å². The van der Waals surface area contributed by atoms with Crippen LogP contribution in [0.3, 0.4) is 0 Å². The second-order valence-corrected chi connectivity index (χ2v) is 11.9. The van der Waals surface area contributed by atoms with Crippen LogP contribution in [-0.4, -0.2) is 19.5 Å². The number of furan rings is 1. The molecule has 0 aliphatic carbocycles. The number of nitrogens with zero attached hydrogens (tertiary/aromatic N) is 4. The molecule has 0 atom stereocenters. The smallest absolute Gasteiger partial charge is 0.238 e. The zero-order valence-corrected chi connectivity index (χ0v) is 26.2. The molecule has 0 aliphatic heterocycles. The maximum absolute atomic E-state index is 9.07. The van der Waals surface area contributed by atoms with Gasteiger partial charge in [0.15, 0.2) is 11.6 Å². The SMILES string of the molecule is [2H]c1c([2H])c([2H])c2c(c1[2H])c1c([2H])c([2H])c([2H])c([2H])c1n2-c1nc(-c2cccc(-c3cccc(-c4ccccc4)c3)c2)nc(-c2ccc3c(c2)oc2ccccc23)n1. The van der Waals surface area contributed by atoms with Crippen LogP contribution in [0.1, 0.15) is 11.0 Å². The Bertz CT molecular complexity index is 3270. The maximum Gasteiger partial charge on any atom is 0.238 e. The fourth-order valence-electron chi connectivity index (χ4n) is 6.56. The Morgan fingerprint density at radius 2 is 0.960 bits per heavy atom. The van der Waals surface area contributed by atoms with Crippen molar-refractivity contribution in [1.82, 2.24) is 19.5 Å². The largest absolute Gasteiger partial charge is 0.456 e. The van der Waals surface area contributed by atoms with Crippen molar-refractivity contribution in [2.45, 2.75) is 0 Å². The highest BCUT2D eigenvalue weighted by molar-refractivity contribution is 6.09. The first-order valence-corrected chi connectivity index (χ1v) is 16.0. The van der Waals surface area contributed by atoms with Gasteiger partial charge >= 0.3 is 0 Å². The molecule has 10 aromatic rings. The van der Waals surface area contributed by atoms with E-state index in [1.165, 1.54) is 4.57 Å². The molecule has 5 heteroatoms. The molecule has 3 aromatic heterocycles. The normalized spacial score (nSPS) is 13.8. The van der Waals surface area contributed by atoms with E-state index in [0.717, 1.165) is 33.0 Å². The Morgan fingerprint density at radius 3 is 1.68 bits per heavy atom. The van der Waals surface area contributed by atoms with Crippen molar-refractivity contribution in [3.63, 3.8) is 0 Å². The van der Waals surface area contributed by atoms with Crippen molar-refractivity contribution in [1.29, 1.82) is 0 Å². The highest BCUT2D eigenvalue weighted by Gasteiger charge is 2.19. The van der Waals surface area contributed by atoms with E-state index >= 15 is 0 Å². The van der Waals surface area contributed by atoms with Gasteiger partial charge in [0.2, 0.25) is 5.95 Å². The fraction of sp³-hybridized carbons (Fsp3) is 0. The summed E-state index contributed by atoms with van der Waals surface area (Å²) in [5.41, 5.74) is 6.30. The van der Waals surface area contributed by atoms with Gasteiger partial charge in [0.25, 0.3) is 0 Å². The van der Waals surface area contributed by atoms with E-state index in [2.05, 4.69) is 24.3 Å². The topological polar surface area (TPSA) is 56.7 Å². The molecule has 0 N–H and O–H groups in total. The van der Waals surface area contributed by atoms with E-state index in [0.29, 0.717) is 22.3 Å². The Kier molecular flexibility index (Phi) is 4.83. The van der Waals surface area contributed by atoms with Crippen molar-refractivity contribution < 1.29 is 15.4 Å². The minimum absolute atomic E-state index is 0.0690. The van der Waals surface area contributed by atoms with Crippen molar-refractivity contribution in [2.24, 2.45) is 0 Å². The van der Waals surface area contributed by atoms with Gasteiger partial charge in [-0.25, -0.2) is 4.98 Å². The van der Waals surface area contributed by atoms with Crippen LogP contribution in [0.2, 0.25) is 0 Å². The third kappa shape index (κ3) is 4.67. The zero-order chi connectivity index (χ0) is 40.0. The summed E-state index contributed by atoms with van der Waals surface area (Å²) >= 11 is 0. The zero-order valence-electron chi connectivity index (χ0n) is 34.2. The molecule has 0 spiro atoms. The van der Waals surface area contributed by atoms with E-state index in [1.54, 1.807) is 0 Å². The number of rotatable bonds is 5. The fourth-order valence-corrected chi connectivity index (χ4v) is 6.56. The average Bonchev–Trinajstić information content (AvgIpc) is 3.83. The van der Waals surface area contributed by atoms with Crippen LogP contribution in [0, 0.1) is 0 Å². The highest BCUT2D eigenvalue weighted by atomic mass is 16.3. The van der Waals surface area contributed by atoms with Crippen LogP contribution in [0.5, 0.6) is 0 Å². The molecule has 7 aromatic carbocycles. The van der Waals surface area contributed by atoms with Gasteiger partial charge in [-0.1, -0.05) is 127 Å². The third-order valence-corrected chi connectivity index (χ3v) is 8.92. The summed E-state index contributed by atoms with van der Waals surface area (Å²) < 4.78 is 77.6. The molecule has 10 rings (SSSR count). The standard InChI is InChI=1S/C45H28N4O/c1-2-12-29(13-3-1)30-14-10-15-31(26-30)32-16-11-17-33(27-32)43-46-44(34-24-25-38-37-20-6-9-23-41(37)50-42(38)28-34)48-45(47-43)49-39-21-7-4-18-35(39)36-19-5-8-22-40(36)49/h1-28H/i4D,5D,7D,8D,18D,19D,21D,22D. The van der Waals surface area contributed by atoms with Crippen LogP contribution in [0.25, 0.3) is 94.7 Å². The molecule has 234 valence electrons. The number of benzene rings is 7. The first kappa shape index (κ1) is 21.2. The van der Waals surface area contributed by atoms with Crippen LogP contribution in [-0.2, 0) is 0 Å². The van der Waals surface area contributed by atoms with Crippen LogP contribution in [0.4, 0.5) is 0 Å². The summed E-state index contributed by atoms with van der Waals surface area (Å²) in [4.78, 5) is 14.8. The lowest BCUT2D eigenvalue weighted by Crippen LogP contribution is -2.06. The third-order valence-electron chi connectivity index (χ3n) is 8.92. The first-order valence-electron chi connectivity index (χ1n) is 20.0. The first-order chi connectivity index (χ1) is 28.1. The number of hydrogen-bond donors (Lipinski definition) is 0. The quantitative estimate of drug-likeness (QED) is 0.186. The molecule has 3 heterocycles.